The van der Waals surface area contributed by atoms with Crippen LogP contribution in [0.25, 0.3) is 0 Å². The van der Waals surface area contributed by atoms with Crippen molar-refractivity contribution in [2.24, 2.45) is 0 Å². The number of ether oxygens (including phenoxy) is 1. The number of tetrazole rings is 1. The fourth-order valence-corrected chi connectivity index (χ4v) is 2.78. The number of aromatic nitrogens is 4. The van der Waals surface area contributed by atoms with E-state index in [0.717, 1.165) is 18.7 Å². The van der Waals surface area contributed by atoms with Gasteiger partial charge in [0.15, 0.2) is 5.82 Å². The molecule has 1 aliphatic heterocycles. The Morgan fingerprint density at radius 1 is 1.30 bits per heavy atom. The Morgan fingerprint density at radius 3 is 2.83 bits per heavy atom. The van der Waals surface area contributed by atoms with Crippen LogP contribution < -0.4 is 5.32 Å². The van der Waals surface area contributed by atoms with E-state index >= 15 is 0 Å². The normalized spacial score (nSPS) is 15.6. The Balaban J connectivity index is 1.66. The van der Waals surface area contributed by atoms with Gasteiger partial charge in [0.1, 0.15) is 6.54 Å². The van der Waals surface area contributed by atoms with E-state index in [4.69, 9.17) is 27.9 Å². The molecule has 7 nitrogen and oxygen atoms in total. The molecule has 23 heavy (non-hydrogen) atoms. The van der Waals surface area contributed by atoms with Crippen LogP contribution in [0.3, 0.4) is 0 Å². The van der Waals surface area contributed by atoms with Crippen LogP contribution in [0.1, 0.15) is 24.6 Å². The maximum absolute atomic E-state index is 12.2. The van der Waals surface area contributed by atoms with Crippen molar-refractivity contribution in [1.82, 2.24) is 20.2 Å². The predicted octanol–water partition coefficient (Wildman–Crippen LogP) is 2.51. The van der Waals surface area contributed by atoms with Crippen molar-refractivity contribution in [2.75, 3.05) is 18.5 Å². The smallest absolute Gasteiger partial charge is 0.246 e. The van der Waals surface area contributed by atoms with E-state index in [1.165, 1.54) is 4.68 Å². The SMILES string of the molecule is O=C(Cn1nnnc1C1CCOCC1)Nc1ccc(Cl)c(Cl)c1. The second kappa shape index (κ2) is 7.25. The van der Waals surface area contributed by atoms with Crippen molar-refractivity contribution in [3.8, 4) is 0 Å². The molecule has 0 bridgehead atoms. The van der Waals surface area contributed by atoms with Gasteiger partial charge in [0.2, 0.25) is 5.91 Å². The molecule has 1 aromatic heterocycles. The zero-order valence-corrected chi connectivity index (χ0v) is 13.7. The van der Waals surface area contributed by atoms with E-state index < -0.39 is 0 Å². The molecule has 2 heterocycles. The minimum absolute atomic E-state index is 0.0416. The molecule has 0 saturated carbocycles. The van der Waals surface area contributed by atoms with Gasteiger partial charge in [-0.25, -0.2) is 4.68 Å². The highest BCUT2D eigenvalue weighted by molar-refractivity contribution is 6.42. The van der Waals surface area contributed by atoms with Gasteiger partial charge in [-0.2, -0.15) is 0 Å². The average molecular weight is 356 g/mol. The summed E-state index contributed by atoms with van der Waals surface area (Å²) in [6, 6.07) is 4.91. The van der Waals surface area contributed by atoms with Gasteiger partial charge < -0.3 is 10.1 Å². The van der Waals surface area contributed by atoms with E-state index in [2.05, 4.69) is 20.8 Å². The molecular weight excluding hydrogens is 341 g/mol. The fourth-order valence-electron chi connectivity index (χ4n) is 2.48. The summed E-state index contributed by atoms with van der Waals surface area (Å²) in [6.45, 7) is 1.42. The third kappa shape index (κ3) is 3.99. The number of carbonyl (C=O) groups excluding carboxylic acids is 1. The van der Waals surface area contributed by atoms with Gasteiger partial charge >= 0.3 is 0 Å². The number of benzene rings is 1. The predicted molar refractivity (Wildman–Crippen MR) is 85.7 cm³/mol. The molecule has 0 aliphatic carbocycles. The van der Waals surface area contributed by atoms with E-state index in [1.807, 2.05) is 0 Å². The highest BCUT2D eigenvalue weighted by Gasteiger charge is 2.23. The van der Waals surface area contributed by atoms with Crippen LogP contribution in [0, 0.1) is 0 Å². The molecule has 0 radical (unpaired) electrons. The van der Waals surface area contributed by atoms with E-state index in [-0.39, 0.29) is 18.4 Å². The number of rotatable bonds is 4. The number of nitrogens with one attached hydrogen (secondary N) is 1. The molecule has 1 N–H and O–H groups in total. The van der Waals surface area contributed by atoms with Crippen LogP contribution in [0.4, 0.5) is 5.69 Å². The van der Waals surface area contributed by atoms with Crippen LogP contribution in [0.5, 0.6) is 0 Å². The lowest BCUT2D eigenvalue weighted by Crippen LogP contribution is -2.24. The zero-order valence-electron chi connectivity index (χ0n) is 12.2. The molecule has 1 amide bonds. The zero-order chi connectivity index (χ0) is 16.2. The van der Waals surface area contributed by atoms with Crippen molar-refractivity contribution in [3.05, 3.63) is 34.1 Å². The van der Waals surface area contributed by atoms with Crippen molar-refractivity contribution in [1.29, 1.82) is 0 Å². The minimum atomic E-state index is -0.232. The van der Waals surface area contributed by atoms with Crippen molar-refractivity contribution < 1.29 is 9.53 Å². The van der Waals surface area contributed by atoms with Crippen LogP contribution >= 0.6 is 23.2 Å². The molecule has 2 aromatic rings. The number of anilines is 1. The van der Waals surface area contributed by atoms with E-state index in [1.54, 1.807) is 18.2 Å². The Bertz CT molecular complexity index is 700. The first kappa shape index (κ1) is 16.2. The Morgan fingerprint density at radius 2 is 2.09 bits per heavy atom. The number of hydrogen-bond donors (Lipinski definition) is 1. The van der Waals surface area contributed by atoms with E-state index in [9.17, 15) is 4.79 Å². The molecule has 9 heteroatoms. The standard InChI is InChI=1S/C14H15Cl2N5O2/c15-11-2-1-10(7-12(11)16)17-13(22)8-21-14(18-19-20-21)9-3-5-23-6-4-9/h1-2,7,9H,3-6,8H2,(H,17,22). The number of halogens is 2. The molecule has 1 saturated heterocycles. The lowest BCUT2D eigenvalue weighted by Gasteiger charge is -2.20. The number of amides is 1. The lowest BCUT2D eigenvalue weighted by molar-refractivity contribution is -0.117. The lowest BCUT2D eigenvalue weighted by atomic mass is 9.99. The largest absolute Gasteiger partial charge is 0.381 e. The van der Waals surface area contributed by atoms with Crippen molar-refractivity contribution >= 4 is 34.8 Å². The van der Waals surface area contributed by atoms with Gasteiger partial charge in [-0.3, -0.25) is 4.79 Å². The molecule has 122 valence electrons. The molecule has 1 fully saturated rings. The van der Waals surface area contributed by atoms with Gasteiger partial charge in [0.05, 0.1) is 10.0 Å². The van der Waals surface area contributed by atoms with Gasteiger partial charge in [0.25, 0.3) is 0 Å². The second-order valence-electron chi connectivity index (χ2n) is 5.26. The van der Waals surface area contributed by atoms with Crippen LogP contribution in [0.15, 0.2) is 18.2 Å². The maximum Gasteiger partial charge on any atom is 0.246 e. The minimum Gasteiger partial charge on any atom is -0.381 e. The topological polar surface area (TPSA) is 81.9 Å². The molecule has 1 aromatic carbocycles. The highest BCUT2D eigenvalue weighted by Crippen LogP contribution is 2.26. The Hall–Kier alpha value is -1.70. The highest BCUT2D eigenvalue weighted by atomic mass is 35.5. The molecule has 0 unspecified atom stereocenters. The molecular formula is C14H15Cl2N5O2. The summed E-state index contributed by atoms with van der Waals surface area (Å²) < 4.78 is 6.87. The maximum atomic E-state index is 12.2. The van der Waals surface area contributed by atoms with Crippen LogP contribution in [-0.2, 0) is 16.1 Å². The number of carbonyl (C=O) groups is 1. The first-order valence-corrected chi connectivity index (χ1v) is 7.98. The third-order valence-electron chi connectivity index (χ3n) is 3.64. The van der Waals surface area contributed by atoms with E-state index in [0.29, 0.717) is 28.9 Å². The Kier molecular flexibility index (Phi) is 5.09. The van der Waals surface area contributed by atoms with Crippen molar-refractivity contribution in [2.45, 2.75) is 25.3 Å². The molecule has 3 rings (SSSR count). The van der Waals surface area contributed by atoms with Gasteiger partial charge in [-0.05, 0) is 41.5 Å². The summed E-state index contributed by atoms with van der Waals surface area (Å²) in [5.41, 5.74) is 0.574. The number of hydrogen-bond acceptors (Lipinski definition) is 5. The molecule has 0 atom stereocenters. The fraction of sp³-hybridized carbons (Fsp3) is 0.429. The summed E-state index contributed by atoms with van der Waals surface area (Å²) >= 11 is 11.8. The van der Waals surface area contributed by atoms with Crippen molar-refractivity contribution in [3.63, 3.8) is 0 Å². The summed E-state index contributed by atoms with van der Waals surface area (Å²) in [7, 11) is 0. The van der Waals surface area contributed by atoms with Crippen LogP contribution in [-0.4, -0.2) is 39.3 Å². The summed E-state index contributed by atoms with van der Waals surface area (Å²) in [4.78, 5) is 12.2. The van der Waals surface area contributed by atoms with Gasteiger partial charge in [0, 0.05) is 24.8 Å². The second-order valence-corrected chi connectivity index (χ2v) is 6.07. The third-order valence-corrected chi connectivity index (χ3v) is 4.38. The Labute approximate surface area is 142 Å². The quantitative estimate of drug-likeness (QED) is 0.910. The summed E-state index contributed by atoms with van der Waals surface area (Å²) in [6.07, 6.45) is 1.71. The summed E-state index contributed by atoms with van der Waals surface area (Å²) in [5, 5.41) is 15.2. The first-order chi connectivity index (χ1) is 11.1. The summed E-state index contributed by atoms with van der Waals surface area (Å²) in [5.74, 6) is 0.707. The first-order valence-electron chi connectivity index (χ1n) is 7.22. The monoisotopic (exact) mass is 355 g/mol. The molecule has 0 spiro atoms. The molecule has 1 aliphatic rings. The average Bonchev–Trinajstić information content (AvgIpc) is 3.00. The van der Waals surface area contributed by atoms with Crippen LogP contribution in [0.2, 0.25) is 10.0 Å². The van der Waals surface area contributed by atoms with Gasteiger partial charge in [-0.1, -0.05) is 23.2 Å². The van der Waals surface area contributed by atoms with Gasteiger partial charge in [-0.15, -0.1) is 5.10 Å². The number of nitrogens with zero attached hydrogens (tertiary/aromatic N) is 4.